The largest absolute Gasteiger partial charge is 0.495 e. The van der Waals surface area contributed by atoms with Crippen molar-refractivity contribution < 1.29 is 19.2 Å². The van der Waals surface area contributed by atoms with Crippen LogP contribution in [0.2, 0.25) is 0 Å². The predicted molar refractivity (Wildman–Crippen MR) is 117 cm³/mol. The van der Waals surface area contributed by atoms with Gasteiger partial charge in [0.2, 0.25) is 0 Å². The van der Waals surface area contributed by atoms with Crippen LogP contribution in [-0.2, 0) is 0 Å². The second-order valence-corrected chi connectivity index (χ2v) is 7.30. The SMILES string of the molecule is COc1ccc([N+](=O)[O-])cc1NC(=O)c1ccc(OCCSc2ccccc2)cc1. The summed E-state index contributed by atoms with van der Waals surface area (Å²) < 4.78 is 10.9. The molecule has 3 aromatic rings. The first-order valence-corrected chi connectivity index (χ1v) is 10.1. The summed E-state index contributed by atoms with van der Waals surface area (Å²) in [6, 6.07) is 20.8. The third-order valence-corrected chi connectivity index (χ3v) is 5.10. The molecule has 7 nitrogen and oxygen atoms in total. The number of amides is 1. The Labute approximate surface area is 178 Å². The Hall–Kier alpha value is -3.52. The van der Waals surface area contributed by atoms with Crippen LogP contribution in [0.15, 0.2) is 77.7 Å². The van der Waals surface area contributed by atoms with E-state index in [4.69, 9.17) is 9.47 Å². The lowest BCUT2D eigenvalue weighted by molar-refractivity contribution is -0.384. The number of methoxy groups -OCH3 is 1. The monoisotopic (exact) mass is 424 g/mol. The highest BCUT2D eigenvalue weighted by Gasteiger charge is 2.14. The molecule has 0 spiro atoms. The quantitative estimate of drug-likeness (QED) is 0.224. The van der Waals surface area contributed by atoms with Gasteiger partial charge in [-0.25, -0.2) is 0 Å². The van der Waals surface area contributed by atoms with E-state index in [-0.39, 0.29) is 11.4 Å². The lowest BCUT2D eigenvalue weighted by Gasteiger charge is -2.11. The summed E-state index contributed by atoms with van der Waals surface area (Å²) in [6.45, 7) is 0.538. The minimum Gasteiger partial charge on any atom is -0.495 e. The predicted octanol–water partition coefficient (Wildman–Crippen LogP) is 5.03. The third kappa shape index (κ3) is 5.74. The lowest BCUT2D eigenvalue weighted by Crippen LogP contribution is -2.13. The number of carbonyl (C=O) groups is 1. The fraction of sp³-hybridized carbons (Fsp3) is 0.136. The smallest absolute Gasteiger partial charge is 0.271 e. The van der Waals surface area contributed by atoms with Gasteiger partial charge in [0.25, 0.3) is 11.6 Å². The molecular formula is C22H20N2O5S. The van der Waals surface area contributed by atoms with E-state index in [9.17, 15) is 14.9 Å². The third-order valence-electron chi connectivity index (χ3n) is 4.12. The summed E-state index contributed by atoms with van der Waals surface area (Å²) in [5.41, 5.74) is 0.493. The first-order chi connectivity index (χ1) is 14.6. The molecule has 0 saturated heterocycles. The van der Waals surface area contributed by atoms with Crippen molar-refractivity contribution in [3.05, 3.63) is 88.5 Å². The molecule has 0 aliphatic heterocycles. The van der Waals surface area contributed by atoms with Gasteiger partial charge >= 0.3 is 0 Å². The number of non-ortho nitro benzene ring substituents is 1. The minimum atomic E-state index is -0.530. The summed E-state index contributed by atoms with van der Waals surface area (Å²) in [5, 5.41) is 13.6. The van der Waals surface area contributed by atoms with E-state index in [0.717, 1.165) is 5.75 Å². The van der Waals surface area contributed by atoms with Crippen molar-refractivity contribution in [3.8, 4) is 11.5 Å². The molecule has 1 amide bonds. The number of nitro groups is 1. The molecule has 3 aromatic carbocycles. The fourth-order valence-electron chi connectivity index (χ4n) is 2.64. The van der Waals surface area contributed by atoms with Crippen LogP contribution in [0.1, 0.15) is 10.4 Å². The van der Waals surface area contributed by atoms with Gasteiger partial charge in [0, 0.05) is 28.3 Å². The molecule has 154 valence electrons. The van der Waals surface area contributed by atoms with Crippen molar-refractivity contribution in [1.82, 2.24) is 0 Å². The van der Waals surface area contributed by atoms with Crippen molar-refractivity contribution >= 4 is 29.0 Å². The maximum Gasteiger partial charge on any atom is 0.271 e. The zero-order valence-electron chi connectivity index (χ0n) is 16.2. The molecule has 0 heterocycles. The number of rotatable bonds is 9. The van der Waals surface area contributed by atoms with E-state index in [2.05, 4.69) is 17.4 Å². The number of carbonyl (C=O) groups excluding carboxylic acids is 1. The van der Waals surface area contributed by atoms with Crippen LogP contribution in [0, 0.1) is 10.1 Å². The van der Waals surface area contributed by atoms with Gasteiger partial charge in [-0.1, -0.05) is 18.2 Å². The zero-order chi connectivity index (χ0) is 21.3. The summed E-state index contributed by atoms with van der Waals surface area (Å²) in [4.78, 5) is 24.1. The number of benzene rings is 3. The van der Waals surface area contributed by atoms with Gasteiger partial charge in [0.15, 0.2) is 0 Å². The summed E-state index contributed by atoms with van der Waals surface area (Å²) in [5.74, 6) is 1.40. The first-order valence-electron chi connectivity index (χ1n) is 9.11. The second-order valence-electron chi connectivity index (χ2n) is 6.13. The Kier molecular flexibility index (Phi) is 7.29. The fourth-order valence-corrected chi connectivity index (χ4v) is 3.39. The Morgan fingerprint density at radius 3 is 2.47 bits per heavy atom. The molecule has 1 N–H and O–H groups in total. The molecule has 8 heteroatoms. The number of nitrogens with zero attached hydrogens (tertiary/aromatic N) is 1. The number of nitro benzene ring substituents is 1. The van der Waals surface area contributed by atoms with Crippen molar-refractivity contribution in [2.24, 2.45) is 0 Å². The highest BCUT2D eigenvalue weighted by atomic mass is 32.2. The Morgan fingerprint density at radius 2 is 1.80 bits per heavy atom. The van der Waals surface area contributed by atoms with Gasteiger partial charge < -0.3 is 14.8 Å². The Morgan fingerprint density at radius 1 is 1.07 bits per heavy atom. The average molecular weight is 424 g/mol. The van der Waals surface area contributed by atoms with Crippen molar-refractivity contribution in [2.45, 2.75) is 4.90 Å². The van der Waals surface area contributed by atoms with Crippen LogP contribution in [0.4, 0.5) is 11.4 Å². The van der Waals surface area contributed by atoms with Crippen LogP contribution < -0.4 is 14.8 Å². The summed E-state index contributed by atoms with van der Waals surface area (Å²) >= 11 is 1.71. The Bertz CT molecular complexity index is 1010. The lowest BCUT2D eigenvalue weighted by atomic mass is 10.2. The highest BCUT2D eigenvalue weighted by Crippen LogP contribution is 2.29. The van der Waals surface area contributed by atoms with Crippen molar-refractivity contribution in [3.63, 3.8) is 0 Å². The van der Waals surface area contributed by atoms with E-state index in [1.165, 1.54) is 30.2 Å². The van der Waals surface area contributed by atoms with E-state index in [1.807, 2.05) is 18.2 Å². The maximum atomic E-state index is 12.5. The van der Waals surface area contributed by atoms with E-state index >= 15 is 0 Å². The molecule has 0 fully saturated rings. The molecule has 3 rings (SSSR count). The van der Waals surface area contributed by atoms with E-state index in [1.54, 1.807) is 36.0 Å². The molecule has 0 radical (unpaired) electrons. The van der Waals surface area contributed by atoms with Crippen LogP contribution in [0.25, 0.3) is 0 Å². The number of ether oxygens (including phenoxy) is 2. The summed E-state index contributed by atoms with van der Waals surface area (Å²) in [6.07, 6.45) is 0. The zero-order valence-corrected chi connectivity index (χ0v) is 17.1. The number of anilines is 1. The second kappa shape index (κ2) is 10.3. The van der Waals surface area contributed by atoms with Crippen LogP contribution in [0.5, 0.6) is 11.5 Å². The van der Waals surface area contributed by atoms with Gasteiger partial charge in [-0.15, -0.1) is 11.8 Å². The van der Waals surface area contributed by atoms with Crippen LogP contribution >= 0.6 is 11.8 Å². The molecule has 0 atom stereocenters. The standard InChI is InChI=1S/C22H20N2O5S/c1-28-21-12-9-17(24(26)27)15-20(21)23-22(25)16-7-10-18(11-8-16)29-13-14-30-19-5-3-2-4-6-19/h2-12,15H,13-14H2,1H3,(H,23,25). The molecular weight excluding hydrogens is 404 g/mol. The highest BCUT2D eigenvalue weighted by molar-refractivity contribution is 7.99. The molecule has 0 aromatic heterocycles. The van der Waals surface area contributed by atoms with Crippen molar-refractivity contribution in [2.75, 3.05) is 24.8 Å². The van der Waals surface area contributed by atoms with Gasteiger partial charge in [0.05, 0.1) is 24.3 Å². The number of thioether (sulfide) groups is 1. The average Bonchev–Trinajstić information content (AvgIpc) is 2.77. The maximum absolute atomic E-state index is 12.5. The molecule has 0 saturated carbocycles. The molecule has 30 heavy (non-hydrogen) atoms. The van der Waals surface area contributed by atoms with Crippen LogP contribution in [-0.4, -0.2) is 30.3 Å². The molecule has 0 aliphatic carbocycles. The summed E-state index contributed by atoms with van der Waals surface area (Å²) in [7, 11) is 1.43. The number of hydrogen-bond acceptors (Lipinski definition) is 6. The Balaban J connectivity index is 1.56. The van der Waals surface area contributed by atoms with E-state index in [0.29, 0.717) is 23.7 Å². The number of hydrogen-bond donors (Lipinski definition) is 1. The topological polar surface area (TPSA) is 90.7 Å². The van der Waals surface area contributed by atoms with Crippen molar-refractivity contribution in [1.29, 1.82) is 0 Å². The van der Waals surface area contributed by atoms with Gasteiger partial charge in [-0.3, -0.25) is 14.9 Å². The van der Waals surface area contributed by atoms with Gasteiger partial charge in [-0.2, -0.15) is 0 Å². The van der Waals surface area contributed by atoms with Gasteiger partial charge in [0.1, 0.15) is 11.5 Å². The first kappa shape index (κ1) is 21.2. The number of nitrogens with one attached hydrogen (secondary N) is 1. The molecule has 0 unspecified atom stereocenters. The van der Waals surface area contributed by atoms with Gasteiger partial charge in [-0.05, 0) is 42.5 Å². The van der Waals surface area contributed by atoms with E-state index < -0.39 is 10.8 Å². The normalized spacial score (nSPS) is 10.3. The molecule has 0 bridgehead atoms. The molecule has 0 aliphatic rings. The van der Waals surface area contributed by atoms with Crippen LogP contribution in [0.3, 0.4) is 0 Å². The minimum absolute atomic E-state index is 0.136.